The summed E-state index contributed by atoms with van der Waals surface area (Å²) < 4.78 is 23.6. The Morgan fingerprint density at radius 1 is 1.12 bits per heavy atom. The molecule has 2 N–H and O–H groups in total. The predicted octanol–water partition coefficient (Wildman–Crippen LogP) is 2.60. The lowest BCUT2D eigenvalue weighted by molar-refractivity contribution is 0.0520. The molecular weight excluding hydrogens is 324 g/mol. The molecule has 2 aliphatic rings. The van der Waals surface area contributed by atoms with E-state index in [9.17, 15) is 13.2 Å². The quantitative estimate of drug-likeness (QED) is 0.890. The Hall–Kier alpha value is -1.40. The first-order valence-corrected chi connectivity index (χ1v) is 10.3. The van der Waals surface area contributed by atoms with Crippen LogP contribution in [0.2, 0.25) is 0 Å². The number of amides is 1. The largest absolute Gasteiger partial charge is 0.338 e. The number of rotatable bonds is 2. The van der Waals surface area contributed by atoms with E-state index in [1.807, 2.05) is 11.8 Å². The summed E-state index contributed by atoms with van der Waals surface area (Å²) in [7, 11) is -3.83. The van der Waals surface area contributed by atoms with Crippen LogP contribution < -0.4 is 5.14 Å². The second-order valence-electron chi connectivity index (χ2n) is 7.31. The maximum absolute atomic E-state index is 12.9. The molecule has 1 saturated carbocycles. The second-order valence-corrected chi connectivity index (χ2v) is 8.84. The lowest BCUT2D eigenvalue weighted by Crippen LogP contribution is -2.44. The van der Waals surface area contributed by atoms with Gasteiger partial charge >= 0.3 is 0 Å². The van der Waals surface area contributed by atoms with Crippen LogP contribution in [-0.4, -0.2) is 32.3 Å². The average molecular weight is 350 g/mol. The van der Waals surface area contributed by atoms with Crippen molar-refractivity contribution >= 4 is 15.9 Å². The molecule has 1 aromatic rings. The number of likely N-dealkylation sites (tertiary alicyclic amines) is 1. The van der Waals surface area contributed by atoms with E-state index in [2.05, 4.69) is 0 Å². The van der Waals surface area contributed by atoms with Gasteiger partial charge in [-0.1, -0.05) is 19.3 Å². The zero-order valence-corrected chi connectivity index (χ0v) is 15.2. The summed E-state index contributed by atoms with van der Waals surface area (Å²) in [5, 5.41) is 5.31. The van der Waals surface area contributed by atoms with E-state index in [1.54, 1.807) is 13.0 Å². The van der Waals surface area contributed by atoms with E-state index in [0.29, 0.717) is 17.0 Å². The summed E-state index contributed by atoms with van der Waals surface area (Å²) in [5.74, 6) is 1.27. The number of fused-ring (bicyclic) bond motifs is 1. The number of sulfonamides is 1. The molecule has 1 amide bonds. The standard InChI is InChI=1S/C18H26N2O3S/c1-12-9-16(10-17(13(12)2)24(19,22)23)18(21)20-8-7-14-5-3-4-6-15(14)11-20/h9-10,14-15H,3-8,11H2,1-2H3,(H2,19,22,23). The molecule has 0 bridgehead atoms. The summed E-state index contributed by atoms with van der Waals surface area (Å²) >= 11 is 0. The van der Waals surface area contributed by atoms with Crippen molar-refractivity contribution in [2.24, 2.45) is 17.0 Å². The molecule has 1 saturated heterocycles. The van der Waals surface area contributed by atoms with Crippen molar-refractivity contribution in [1.82, 2.24) is 4.90 Å². The molecule has 0 radical (unpaired) electrons. The fourth-order valence-corrected chi connectivity index (χ4v) is 5.09. The van der Waals surface area contributed by atoms with Gasteiger partial charge in [-0.05, 0) is 61.8 Å². The lowest BCUT2D eigenvalue weighted by atomic mass is 9.75. The SMILES string of the molecule is Cc1cc(C(=O)N2CCC3CCCCC3C2)cc(S(N)(=O)=O)c1C. The van der Waals surface area contributed by atoms with E-state index >= 15 is 0 Å². The van der Waals surface area contributed by atoms with Gasteiger partial charge in [-0.15, -0.1) is 0 Å². The van der Waals surface area contributed by atoms with Gasteiger partial charge in [0, 0.05) is 18.7 Å². The smallest absolute Gasteiger partial charge is 0.253 e. The minimum absolute atomic E-state index is 0.0541. The van der Waals surface area contributed by atoms with Gasteiger partial charge in [0.1, 0.15) is 0 Å². The van der Waals surface area contributed by atoms with Gasteiger partial charge in [0.15, 0.2) is 0 Å². The molecule has 1 aromatic carbocycles. The molecule has 3 rings (SSSR count). The minimum atomic E-state index is -3.83. The maximum Gasteiger partial charge on any atom is 0.253 e. The van der Waals surface area contributed by atoms with Crippen LogP contribution in [0.15, 0.2) is 17.0 Å². The van der Waals surface area contributed by atoms with Crippen molar-refractivity contribution in [3.05, 3.63) is 28.8 Å². The van der Waals surface area contributed by atoms with Gasteiger partial charge in [0.2, 0.25) is 10.0 Å². The van der Waals surface area contributed by atoms with Gasteiger partial charge in [-0.2, -0.15) is 0 Å². The molecule has 1 aliphatic carbocycles. The molecule has 2 unspecified atom stereocenters. The molecule has 0 spiro atoms. The molecule has 5 nitrogen and oxygen atoms in total. The van der Waals surface area contributed by atoms with Gasteiger partial charge in [-0.3, -0.25) is 4.79 Å². The van der Waals surface area contributed by atoms with E-state index in [4.69, 9.17) is 5.14 Å². The number of hydrogen-bond donors (Lipinski definition) is 1. The van der Waals surface area contributed by atoms with Crippen LogP contribution in [0.4, 0.5) is 0 Å². The summed E-state index contributed by atoms with van der Waals surface area (Å²) in [6.07, 6.45) is 6.10. The summed E-state index contributed by atoms with van der Waals surface area (Å²) in [6.45, 7) is 5.09. The van der Waals surface area contributed by atoms with Crippen molar-refractivity contribution in [3.8, 4) is 0 Å². The minimum Gasteiger partial charge on any atom is -0.338 e. The molecule has 1 aliphatic heterocycles. The van der Waals surface area contributed by atoms with Crippen molar-refractivity contribution < 1.29 is 13.2 Å². The van der Waals surface area contributed by atoms with Gasteiger partial charge in [0.25, 0.3) is 5.91 Å². The van der Waals surface area contributed by atoms with Gasteiger partial charge in [-0.25, -0.2) is 13.6 Å². The first-order chi connectivity index (χ1) is 11.3. The third-order valence-electron chi connectivity index (χ3n) is 5.75. The number of piperidine rings is 1. The summed E-state index contributed by atoms with van der Waals surface area (Å²) in [6, 6.07) is 3.21. The number of nitrogens with two attached hydrogens (primary N) is 1. The monoisotopic (exact) mass is 350 g/mol. The van der Waals surface area contributed by atoms with Crippen LogP contribution in [0.3, 0.4) is 0 Å². The second kappa shape index (κ2) is 6.48. The summed E-state index contributed by atoms with van der Waals surface area (Å²) in [5.41, 5.74) is 1.81. The highest BCUT2D eigenvalue weighted by Gasteiger charge is 2.33. The lowest BCUT2D eigenvalue weighted by Gasteiger charge is -2.41. The van der Waals surface area contributed by atoms with E-state index < -0.39 is 10.0 Å². The zero-order chi connectivity index (χ0) is 17.5. The predicted molar refractivity (Wildman–Crippen MR) is 93.3 cm³/mol. The van der Waals surface area contributed by atoms with Crippen molar-refractivity contribution in [2.45, 2.75) is 50.8 Å². The fourth-order valence-electron chi connectivity index (χ4n) is 4.21. The average Bonchev–Trinajstić information content (AvgIpc) is 2.55. The highest BCUT2D eigenvalue weighted by atomic mass is 32.2. The molecule has 2 atom stereocenters. The Labute approximate surface area is 144 Å². The molecular formula is C18H26N2O3S. The Morgan fingerprint density at radius 2 is 1.79 bits per heavy atom. The molecule has 1 heterocycles. The number of benzene rings is 1. The number of carbonyl (C=O) groups is 1. The van der Waals surface area contributed by atoms with E-state index in [-0.39, 0.29) is 10.8 Å². The van der Waals surface area contributed by atoms with Crippen LogP contribution in [0, 0.1) is 25.7 Å². The summed E-state index contributed by atoms with van der Waals surface area (Å²) in [4.78, 5) is 14.9. The Bertz CT molecular complexity index is 758. The third-order valence-corrected chi connectivity index (χ3v) is 6.79. The Kier molecular flexibility index (Phi) is 4.71. The number of hydrogen-bond acceptors (Lipinski definition) is 3. The normalized spacial score (nSPS) is 24.5. The van der Waals surface area contributed by atoms with Crippen molar-refractivity contribution in [3.63, 3.8) is 0 Å². The maximum atomic E-state index is 12.9. The number of carbonyl (C=O) groups excluding carboxylic acids is 1. The van der Waals surface area contributed by atoms with Gasteiger partial charge < -0.3 is 4.90 Å². The molecule has 6 heteroatoms. The number of primary sulfonamides is 1. The number of nitrogens with zero attached hydrogens (tertiary/aromatic N) is 1. The molecule has 24 heavy (non-hydrogen) atoms. The Morgan fingerprint density at radius 3 is 2.46 bits per heavy atom. The Balaban J connectivity index is 1.86. The third kappa shape index (κ3) is 3.35. The first-order valence-electron chi connectivity index (χ1n) is 8.70. The van der Waals surface area contributed by atoms with Crippen LogP contribution in [0.25, 0.3) is 0 Å². The van der Waals surface area contributed by atoms with Crippen LogP contribution in [0.5, 0.6) is 0 Å². The van der Waals surface area contributed by atoms with E-state index in [0.717, 1.165) is 31.0 Å². The van der Waals surface area contributed by atoms with Crippen LogP contribution >= 0.6 is 0 Å². The molecule has 2 fully saturated rings. The molecule has 132 valence electrons. The van der Waals surface area contributed by atoms with Gasteiger partial charge in [0.05, 0.1) is 4.90 Å². The number of aryl methyl sites for hydroxylation is 1. The topological polar surface area (TPSA) is 80.5 Å². The highest BCUT2D eigenvalue weighted by Crippen LogP contribution is 2.36. The fraction of sp³-hybridized carbons (Fsp3) is 0.611. The van der Waals surface area contributed by atoms with Crippen molar-refractivity contribution in [2.75, 3.05) is 13.1 Å². The first kappa shape index (κ1) is 17.4. The van der Waals surface area contributed by atoms with Crippen LogP contribution in [-0.2, 0) is 10.0 Å². The highest BCUT2D eigenvalue weighted by molar-refractivity contribution is 7.89. The van der Waals surface area contributed by atoms with Crippen molar-refractivity contribution in [1.29, 1.82) is 0 Å². The molecule has 0 aromatic heterocycles. The van der Waals surface area contributed by atoms with Crippen LogP contribution in [0.1, 0.15) is 53.6 Å². The zero-order valence-electron chi connectivity index (χ0n) is 14.4. The van der Waals surface area contributed by atoms with E-state index in [1.165, 1.54) is 31.7 Å².